The number of carbonyl (C=O) groups is 2. The highest BCUT2D eigenvalue weighted by Crippen LogP contribution is 2.22. The number of ether oxygens (including phenoxy) is 2. The van der Waals surface area contributed by atoms with Crippen LogP contribution < -0.4 is 4.74 Å². The van der Waals surface area contributed by atoms with Gasteiger partial charge < -0.3 is 9.47 Å². The average molecular weight is 342 g/mol. The van der Waals surface area contributed by atoms with Crippen molar-refractivity contribution in [3.05, 3.63) is 70.4 Å². The minimum Gasteiger partial charge on any atom is -0.427 e. The Hall–Kier alpha value is -2.92. The van der Waals surface area contributed by atoms with Gasteiger partial charge in [-0.15, -0.1) is 0 Å². The predicted octanol–water partition coefficient (Wildman–Crippen LogP) is 3.61. The fraction of sp³-hybridized carbons (Fsp3) is 0.0556. The van der Waals surface area contributed by atoms with Crippen LogP contribution in [0.25, 0.3) is 6.08 Å². The summed E-state index contributed by atoms with van der Waals surface area (Å²) in [6, 6.07) is 13.6. The molecule has 0 atom stereocenters. The number of nitrogens with zero attached hydrogens (tertiary/aromatic N) is 1. The molecule has 24 heavy (non-hydrogen) atoms. The summed E-state index contributed by atoms with van der Waals surface area (Å²) in [5, 5.41) is 0.585. The lowest BCUT2D eigenvalue weighted by atomic mass is 10.2. The standard InChI is InChI=1S/C18H12ClNO4/c1-11(21)23-15-4-2-3-12(9-15)10-16-18(22)24-17(20-16)13-5-7-14(19)8-6-13/h2-10H,1H3. The average Bonchev–Trinajstić information content (AvgIpc) is 2.89. The first-order chi connectivity index (χ1) is 11.5. The molecule has 0 radical (unpaired) electrons. The Morgan fingerprint density at radius 2 is 1.96 bits per heavy atom. The minimum absolute atomic E-state index is 0.167. The van der Waals surface area contributed by atoms with E-state index >= 15 is 0 Å². The molecule has 1 heterocycles. The van der Waals surface area contributed by atoms with E-state index < -0.39 is 11.9 Å². The first-order valence-electron chi connectivity index (χ1n) is 7.08. The fourth-order valence-corrected chi connectivity index (χ4v) is 2.24. The van der Waals surface area contributed by atoms with Gasteiger partial charge in [-0.2, -0.15) is 0 Å². The Labute approximate surface area is 143 Å². The van der Waals surface area contributed by atoms with Gasteiger partial charge in [-0.25, -0.2) is 9.79 Å². The molecule has 2 aromatic carbocycles. The second-order valence-electron chi connectivity index (χ2n) is 5.01. The zero-order valence-electron chi connectivity index (χ0n) is 12.7. The van der Waals surface area contributed by atoms with Crippen molar-refractivity contribution in [3.8, 4) is 5.75 Å². The van der Waals surface area contributed by atoms with E-state index in [2.05, 4.69) is 4.99 Å². The Kier molecular flexibility index (Phi) is 4.44. The SMILES string of the molecule is CC(=O)Oc1cccc(C=C2N=C(c3ccc(Cl)cc3)OC2=O)c1. The number of rotatable bonds is 3. The molecule has 0 bridgehead atoms. The first kappa shape index (κ1) is 16.0. The van der Waals surface area contributed by atoms with Gasteiger partial charge in [0.05, 0.1) is 0 Å². The van der Waals surface area contributed by atoms with Crippen LogP contribution in [0.2, 0.25) is 5.02 Å². The minimum atomic E-state index is -0.544. The predicted molar refractivity (Wildman–Crippen MR) is 89.8 cm³/mol. The van der Waals surface area contributed by atoms with Crippen molar-refractivity contribution in [2.75, 3.05) is 0 Å². The van der Waals surface area contributed by atoms with E-state index in [1.54, 1.807) is 54.6 Å². The van der Waals surface area contributed by atoms with Crippen LogP contribution in [0.1, 0.15) is 18.1 Å². The maximum atomic E-state index is 12.0. The summed E-state index contributed by atoms with van der Waals surface area (Å²) < 4.78 is 10.2. The van der Waals surface area contributed by atoms with E-state index in [4.69, 9.17) is 21.1 Å². The lowest BCUT2D eigenvalue weighted by Crippen LogP contribution is -2.05. The second kappa shape index (κ2) is 6.68. The third kappa shape index (κ3) is 3.70. The van der Waals surface area contributed by atoms with Gasteiger partial charge in [-0.05, 0) is 48.0 Å². The molecule has 0 spiro atoms. The number of carbonyl (C=O) groups excluding carboxylic acids is 2. The monoisotopic (exact) mass is 341 g/mol. The number of esters is 2. The molecule has 0 saturated carbocycles. The molecule has 5 nitrogen and oxygen atoms in total. The van der Waals surface area contributed by atoms with Crippen LogP contribution in [0.15, 0.2) is 59.2 Å². The van der Waals surface area contributed by atoms with Crippen molar-refractivity contribution in [1.29, 1.82) is 0 Å². The van der Waals surface area contributed by atoms with Gasteiger partial charge in [0.25, 0.3) is 0 Å². The molecule has 0 aromatic heterocycles. The Bertz CT molecular complexity index is 869. The Morgan fingerprint density at radius 1 is 1.21 bits per heavy atom. The maximum Gasteiger partial charge on any atom is 0.363 e. The van der Waals surface area contributed by atoms with E-state index in [0.717, 1.165) is 0 Å². The molecule has 0 amide bonds. The molecule has 0 N–H and O–H groups in total. The normalized spacial score (nSPS) is 15.2. The fourth-order valence-electron chi connectivity index (χ4n) is 2.12. The molecule has 0 aliphatic carbocycles. The molecular formula is C18H12ClNO4. The van der Waals surface area contributed by atoms with Crippen LogP contribution in [0.4, 0.5) is 0 Å². The molecule has 0 unspecified atom stereocenters. The van der Waals surface area contributed by atoms with Gasteiger partial charge in [0.2, 0.25) is 5.90 Å². The van der Waals surface area contributed by atoms with Crippen molar-refractivity contribution in [1.82, 2.24) is 0 Å². The van der Waals surface area contributed by atoms with Crippen molar-refractivity contribution in [2.24, 2.45) is 4.99 Å². The zero-order chi connectivity index (χ0) is 17.1. The van der Waals surface area contributed by atoms with Gasteiger partial charge in [0, 0.05) is 17.5 Å². The molecule has 1 aliphatic heterocycles. The molecule has 0 fully saturated rings. The van der Waals surface area contributed by atoms with Gasteiger partial charge >= 0.3 is 11.9 Å². The zero-order valence-corrected chi connectivity index (χ0v) is 13.4. The van der Waals surface area contributed by atoms with Gasteiger partial charge in [0.15, 0.2) is 5.70 Å². The molecular weight excluding hydrogens is 330 g/mol. The highest BCUT2D eigenvalue weighted by atomic mass is 35.5. The third-order valence-electron chi connectivity index (χ3n) is 3.13. The van der Waals surface area contributed by atoms with Crippen molar-refractivity contribution >= 4 is 35.5 Å². The number of benzene rings is 2. The largest absolute Gasteiger partial charge is 0.427 e. The van der Waals surface area contributed by atoms with Crippen LogP contribution >= 0.6 is 11.6 Å². The summed E-state index contributed by atoms with van der Waals surface area (Å²) >= 11 is 5.84. The van der Waals surface area contributed by atoms with Gasteiger partial charge in [0.1, 0.15) is 5.75 Å². The van der Waals surface area contributed by atoms with Crippen LogP contribution in [-0.2, 0) is 14.3 Å². The summed E-state index contributed by atoms with van der Waals surface area (Å²) in [4.78, 5) is 27.2. The summed E-state index contributed by atoms with van der Waals surface area (Å²) in [5.41, 5.74) is 1.49. The van der Waals surface area contributed by atoms with Gasteiger partial charge in [-0.3, -0.25) is 4.79 Å². The topological polar surface area (TPSA) is 65.0 Å². The number of aliphatic imine (C=N–C) groups is 1. The van der Waals surface area contributed by atoms with E-state index in [1.165, 1.54) is 6.92 Å². The van der Waals surface area contributed by atoms with Crippen molar-refractivity contribution in [3.63, 3.8) is 0 Å². The van der Waals surface area contributed by atoms with E-state index in [1.807, 2.05) is 0 Å². The van der Waals surface area contributed by atoms with E-state index in [9.17, 15) is 9.59 Å². The lowest BCUT2D eigenvalue weighted by molar-refractivity contribution is -0.132. The molecule has 6 heteroatoms. The van der Waals surface area contributed by atoms with E-state index in [0.29, 0.717) is 21.9 Å². The highest BCUT2D eigenvalue weighted by Gasteiger charge is 2.24. The van der Waals surface area contributed by atoms with Crippen LogP contribution in [0.3, 0.4) is 0 Å². The molecule has 3 rings (SSSR count). The summed E-state index contributed by atoms with van der Waals surface area (Å²) in [7, 11) is 0. The smallest absolute Gasteiger partial charge is 0.363 e. The highest BCUT2D eigenvalue weighted by molar-refractivity contribution is 6.30. The molecule has 2 aromatic rings. The first-order valence-corrected chi connectivity index (χ1v) is 7.46. The summed E-state index contributed by atoms with van der Waals surface area (Å²) in [6.45, 7) is 1.32. The number of hydrogen-bond acceptors (Lipinski definition) is 5. The molecule has 0 saturated heterocycles. The second-order valence-corrected chi connectivity index (χ2v) is 5.45. The molecule has 120 valence electrons. The number of hydrogen-bond donors (Lipinski definition) is 0. The quantitative estimate of drug-likeness (QED) is 0.486. The number of halogens is 1. The van der Waals surface area contributed by atoms with Gasteiger partial charge in [-0.1, -0.05) is 23.7 Å². The van der Waals surface area contributed by atoms with Crippen molar-refractivity contribution < 1.29 is 19.1 Å². The Morgan fingerprint density at radius 3 is 2.67 bits per heavy atom. The Balaban J connectivity index is 1.88. The van der Waals surface area contributed by atoms with Crippen LogP contribution in [-0.4, -0.2) is 17.8 Å². The molecule has 1 aliphatic rings. The lowest BCUT2D eigenvalue weighted by Gasteiger charge is -2.01. The summed E-state index contributed by atoms with van der Waals surface area (Å²) in [6.07, 6.45) is 1.57. The maximum absolute atomic E-state index is 12.0. The van der Waals surface area contributed by atoms with E-state index in [-0.39, 0.29) is 11.6 Å². The summed E-state index contributed by atoms with van der Waals surface area (Å²) in [5.74, 6) is -0.342. The van der Waals surface area contributed by atoms with Crippen LogP contribution in [0, 0.1) is 0 Å². The van der Waals surface area contributed by atoms with Crippen LogP contribution in [0.5, 0.6) is 5.75 Å². The van der Waals surface area contributed by atoms with Crippen molar-refractivity contribution in [2.45, 2.75) is 6.92 Å². The number of cyclic esters (lactones) is 1. The third-order valence-corrected chi connectivity index (χ3v) is 3.39.